The van der Waals surface area contributed by atoms with Crippen LogP contribution in [0.2, 0.25) is 0 Å². The van der Waals surface area contributed by atoms with Crippen molar-refractivity contribution in [2.24, 2.45) is 5.92 Å². The minimum atomic E-state index is -1.04. The Labute approximate surface area is 219 Å². The van der Waals surface area contributed by atoms with Gasteiger partial charge in [0.2, 0.25) is 0 Å². The Morgan fingerprint density at radius 1 is 0.868 bits per heavy atom. The molecule has 0 aromatic heterocycles. The van der Waals surface area contributed by atoms with E-state index in [9.17, 15) is 18.7 Å². The average Bonchev–Trinajstić information content (AvgIpc) is 2.93. The number of aliphatic hydroxyl groups is 1. The van der Waals surface area contributed by atoms with Gasteiger partial charge in [-0.25, -0.2) is 8.78 Å². The lowest BCUT2D eigenvalue weighted by atomic mass is 9.83. The van der Waals surface area contributed by atoms with E-state index in [0.717, 1.165) is 11.1 Å². The van der Waals surface area contributed by atoms with Crippen molar-refractivity contribution in [3.63, 3.8) is 0 Å². The van der Waals surface area contributed by atoms with Crippen molar-refractivity contribution in [3.05, 3.63) is 131 Å². The van der Waals surface area contributed by atoms with Crippen molar-refractivity contribution < 1.29 is 28.2 Å². The van der Waals surface area contributed by atoms with Gasteiger partial charge in [-0.15, -0.1) is 0 Å². The summed E-state index contributed by atoms with van der Waals surface area (Å²) in [5, 5.41) is 14.4. The van der Waals surface area contributed by atoms with E-state index in [4.69, 9.17) is 9.47 Å². The standard InChI is InChI=1S/C31H27F2NO4/c32-23-10-6-21(7-11-23)28-18-27(35)29(31(36)38-28)30(34-25-14-12-24(33)13-15-25)22-8-16-26(17-9-22)37-19-20-4-2-1-3-5-20/h1-17,27-30,34-35H,18-19H2/t27-,28-,29+,30+/m0/s1. The largest absolute Gasteiger partial charge is 0.489 e. The molecule has 4 atom stereocenters. The monoisotopic (exact) mass is 515 g/mol. The molecule has 1 heterocycles. The number of rotatable bonds is 8. The van der Waals surface area contributed by atoms with Crippen molar-refractivity contribution >= 4 is 11.7 Å². The summed E-state index contributed by atoms with van der Waals surface area (Å²) in [6, 6.07) is 27.8. The third kappa shape index (κ3) is 6.01. The van der Waals surface area contributed by atoms with Crippen LogP contribution in [0.4, 0.5) is 14.5 Å². The summed E-state index contributed by atoms with van der Waals surface area (Å²) >= 11 is 0. The highest BCUT2D eigenvalue weighted by Crippen LogP contribution is 2.39. The maximum atomic E-state index is 13.5. The van der Waals surface area contributed by atoms with Crippen LogP contribution < -0.4 is 10.1 Å². The lowest BCUT2D eigenvalue weighted by molar-refractivity contribution is -0.171. The SMILES string of the molecule is O=C1O[C@H](c2ccc(F)cc2)C[C@H](O)[C@@H]1[C@H](Nc1ccc(F)cc1)c1ccc(OCc2ccccc2)cc1. The van der Waals surface area contributed by atoms with Gasteiger partial charge in [-0.1, -0.05) is 54.6 Å². The number of anilines is 1. The zero-order chi connectivity index (χ0) is 26.5. The fraction of sp³-hybridized carbons (Fsp3) is 0.194. The van der Waals surface area contributed by atoms with Crippen LogP contribution in [0, 0.1) is 17.6 Å². The molecule has 0 unspecified atom stereocenters. The van der Waals surface area contributed by atoms with E-state index >= 15 is 0 Å². The molecule has 1 saturated heterocycles. The number of halogens is 2. The predicted octanol–water partition coefficient (Wildman–Crippen LogP) is 6.36. The van der Waals surface area contributed by atoms with E-state index in [2.05, 4.69) is 5.32 Å². The summed E-state index contributed by atoms with van der Waals surface area (Å²) in [5.74, 6) is -1.64. The first-order valence-electron chi connectivity index (χ1n) is 12.4. The second-order valence-corrected chi connectivity index (χ2v) is 9.28. The first-order chi connectivity index (χ1) is 18.5. The Balaban J connectivity index is 1.37. The van der Waals surface area contributed by atoms with Gasteiger partial charge >= 0.3 is 5.97 Å². The number of cyclic esters (lactones) is 1. The maximum Gasteiger partial charge on any atom is 0.314 e. The molecule has 4 aromatic rings. The number of aliphatic hydroxyl groups excluding tert-OH is 1. The zero-order valence-corrected chi connectivity index (χ0v) is 20.5. The Bertz CT molecular complexity index is 1350. The van der Waals surface area contributed by atoms with E-state index in [1.807, 2.05) is 42.5 Å². The van der Waals surface area contributed by atoms with Crippen LogP contribution in [0.5, 0.6) is 5.75 Å². The maximum absolute atomic E-state index is 13.5. The highest BCUT2D eigenvalue weighted by Gasteiger charge is 2.43. The number of carbonyl (C=O) groups is 1. The van der Waals surface area contributed by atoms with Crippen molar-refractivity contribution in [2.45, 2.75) is 31.3 Å². The molecule has 0 aliphatic carbocycles. The first-order valence-corrected chi connectivity index (χ1v) is 12.4. The molecule has 0 saturated carbocycles. The minimum absolute atomic E-state index is 0.155. The van der Waals surface area contributed by atoms with Crippen LogP contribution in [-0.4, -0.2) is 17.2 Å². The normalized spacial score (nSPS) is 19.9. The molecule has 0 radical (unpaired) electrons. The van der Waals surface area contributed by atoms with Crippen molar-refractivity contribution in [2.75, 3.05) is 5.32 Å². The number of hydrogen-bond donors (Lipinski definition) is 2. The average molecular weight is 516 g/mol. The molecular formula is C31H27F2NO4. The van der Waals surface area contributed by atoms with Crippen molar-refractivity contribution in [3.8, 4) is 5.75 Å². The molecule has 0 bridgehead atoms. The highest BCUT2D eigenvalue weighted by molar-refractivity contribution is 5.76. The van der Waals surface area contributed by atoms with Gasteiger partial charge < -0.3 is 19.9 Å². The molecule has 1 aliphatic heterocycles. The molecule has 5 rings (SSSR count). The van der Waals surface area contributed by atoms with Gasteiger partial charge in [0, 0.05) is 12.1 Å². The van der Waals surface area contributed by atoms with Crippen LogP contribution in [0.25, 0.3) is 0 Å². The van der Waals surface area contributed by atoms with Gasteiger partial charge in [0.25, 0.3) is 0 Å². The minimum Gasteiger partial charge on any atom is -0.489 e. The second kappa shape index (κ2) is 11.4. The van der Waals surface area contributed by atoms with Crippen LogP contribution in [-0.2, 0) is 16.1 Å². The van der Waals surface area contributed by atoms with Gasteiger partial charge in [0.15, 0.2) is 0 Å². The number of nitrogens with one attached hydrogen (secondary N) is 1. The number of esters is 1. The summed E-state index contributed by atoms with van der Waals surface area (Å²) < 4.78 is 38.5. The molecule has 1 fully saturated rings. The summed E-state index contributed by atoms with van der Waals surface area (Å²) in [4.78, 5) is 13.3. The van der Waals surface area contributed by atoms with Gasteiger partial charge in [0.1, 0.15) is 36.0 Å². The molecule has 0 amide bonds. The Morgan fingerprint density at radius 3 is 2.13 bits per heavy atom. The Morgan fingerprint density at radius 2 is 1.50 bits per heavy atom. The van der Waals surface area contributed by atoms with Crippen molar-refractivity contribution in [1.82, 2.24) is 0 Å². The summed E-state index contributed by atoms with van der Waals surface area (Å²) in [5.41, 5.74) is 2.96. The Kier molecular flexibility index (Phi) is 7.65. The van der Waals surface area contributed by atoms with E-state index in [1.165, 1.54) is 24.3 Å². The van der Waals surface area contributed by atoms with Crippen LogP contribution in [0.1, 0.15) is 35.3 Å². The summed E-state index contributed by atoms with van der Waals surface area (Å²) in [6.07, 6.45) is -1.57. The second-order valence-electron chi connectivity index (χ2n) is 9.28. The molecular weight excluding hydrogens is 488 g/mol. The molecule has 7 heteroatoms. The van der Waals surface area contributed by atoms with E-state index in [1.54, 1.807) is 36.4 Å². The van der Waals surface area contributed by atoms with Gasteiger partial charge in [-0.3, -0.25) is 4.79 Å². The Hall–Kier alpha value is -4.23. The number of hydrogen-bond acceptors (Lipinski definition) is 5. The lowest BCUT2D eigenvalue weighted by Crippen LogP contribution is -2.43. The first kappa shape index (κ1) is 25.4. The smallest absolute Gasteiger partial charge is 0.314 e. The third-order valence-corrected chi connectivity index (χ3v) is 6.66. The quantitative estimate of drug-likeness (QED) is 0.267. The van der Waals surface area contributed by atoms with E-state index in [-0.39, 0.29) is 12.2 Å². The van der Waals surface area contributed by atoms with Crippen LogP contribution in [0.3, 0.4) is 0 Å². The fourth-order valence-electron chi connectivity index (χ4n) is 4.65. The summed E-state index contributed by atoms with van der Waals surface area (Å²) in [7, 11) is 0. The third-order valence-electron chi connectivity index (χ3n) is 6.66. The number of benzene rings is 4. The fourth-order valence-corrected chi connectivity index (χ4v) is 4.65. The molecule has 4 aromatic carbocycles. The van der Waals surface area contributed by atoms with Gasteiger partial charge in [0.05, 0.1) is 12.1 Å². The molecule has 1 aliphatic rings. The lowest BCUT2D eigenvalue weighted by Gasteiger charge is -2.37. The van der Waals surface area contributed by atoms with E-state index < -0.39 is 36.0 Å². The molecule has 5 nitrogen and oxygen atoms in total. The van der Waals surface area contributed by atoms with Gasteiger partial charge in [-0.05, 0) is 65.2 Å². The van der Waals surface area contributed by atoms with Crippen LogP contribution >= 0.6 is 0 Å². The molecule has 2 N–H and O–H groups in total. The summed E-state index contributed by atoms with van der Waals surface area (Å²) in [6.45, 7) is 0.413. The molecule has 194 valence electrons. The molecule has 38 heavy (non-hydrogen) atoms. The van der Waals surface area contributed by atoms with Crippen LogP contribution in [0.15, 0.2) is 103 Å². The highest BCUT2D eigenvalue weighted by atomic mass is 19.1. The zero-order valence-electron chi connectivity index (χ0n) is 20.5. The topological polar surface area (TPSA) is 67.8 Å². The van der Waals surface area contributed by atoms with E-state index in [0.29, 0.717) is 23.6 Å². The number of ether oxygens (including phenoxy) is 2. The number of carbonyl (C=O) groups excluding carboxylic acids is 1. The van der Waals surface area contributed by atoms with Gasteiger partial charge in [-0.2, -0.15) is 0 Å². The van der Waals surface area contributed by atoms with Crippen molar-refractivity contribution in [1.29, 1.82) is 0 Å². The predicted molar refractivity (Wildman–Crippen MR) is 139 cm³/mol. The molecule has 0 spiro atoms.